The molecule has 0 saturated carbocycles. The van der Waals surface area contributed by atoms with Gasteiger partial charge in [0.05, 0.1) is 16.9 Å². The maximum atomic E-state index is 14.5. The van der Waals surface area contributed by atoms with E-state index in [2.05, 4.69) is 4.98 Å². The molecule has 0 radical (unpaired) electrons. The Morgan fingerprint density at radius 2 is 2.07 bits per heavy atom. The molecule has 3 aromatic rings. The fourth-order valence-corrected chi connectivity index (χ4v) is 6.31. The highest BCUT2D eigenvalue weighted by Crippen LogP contribution is 2.38. The summed E-state index contributed by atoms with van der Waals surface area (Å²) in [4.78, 5) is 16.4. The summed E-state index contributed by atoms with van der Waals surface area (Å²) in [6, 6.07) is 7.28. The molecular weight excluding hydrogens is 415 g/mol. The summed E-state index contributed by atoms with van der Waals surface area (Å²) < 4.78 is 40.4. The Balaban J connectivity index is 1.63. The van der Waals surface area contributed by atoms with Crippen LogP contribution in [0, 0.1) is 11.2 Å². The number of hydrogen-bond donors (Lipinski definition) is 2. The third-order valence-electron chi connectivity index (χ3n) is 5.37. The van der Waals surface area contributed by atoms with Crippen molar-refractivity contribution in [3.63, 3.8) is 0 Å². The molecule has 1 unspecified atom stereocenters. The first kappa shape index (κ1) is 20.1. The number of aliphatic hydroxyl groups excluding tert-OH is 1. The van der Waals surface area contributed by atoms with Crippen LogP contribution < -0.4 is 10.5 Å². The molecule has 1 aromatic carbocycles. The highest BCUT2D eigenvalue weighted by Gasteiger charge is 2.39. The van der Waals surface area contributed by atoms with E-state index in [4.69, 9.17) is 0 Å². The van der Waals surface area contributed by atoms with Crippen molar-refractivity contribution < 1.29 is 17.9 Å². The lowest BCUT2D eigenvalue weighted by Gasteiger charge is -2.21. The number of anilines is 1. The van der Waals surface area contributed by atoms with E-state index in [-0.39, 0.29) is 20.6 Å². The Morgan fingerprint density at radius 1 is 1.31 bits per heavy atom. The van der Waals surface area contributed by atoms with Gasteiger partial charge in [-0.15, -0.1) is 11.3 Å². The van der Waals surface area contributed by atoms with E-state index in [9.17, 15) is 22.7 Å². The Hall–Kier alpha value is -2.23. The first-order valence-electron chi connectivity index (χ1n) is 9.12. The normalized spacial score (nSPS) is 19.2. The van der Waals surface area contributed by atoms with Crippen molar-refractivity contribution in [3.05, 3.63) is 58.3 Å². The maximum absolute atomic E-state index is 14.5. The van der Waals surface area contributed by atoms with E-state index >= 15 is 0 Å². The smallest absolute Gasteiger partial charge is 0.255 e. The molecule has 2 aromatic heterocycles. The lowest BCUT2D eigenvalue weighted by molar-refractivity contribution is 0.0964. The quantitative estimate of drug-likeness (QED) is 0.656. The largest absolute Gasteiger partial charge is 0.391 e. The number of rotatable bonds is 4. The fourth-order valence-electron chi connectivity index (χ4n) is 3.57. The Kier molecular flexibility index (Phi) is 4.79. The first-order valence-corrected chi connectivity index (χ1v) is 11.6. The standard InChI is InChI=1S/C20H21FN2O4S2/c1-20(2)11-23(9-16(20)24)17-3-4-18(28-17)29(26,27)10-13-7-14-12(8-15(13)21)5-6-22-19(14)25/h3-8,16,24H,9-11H2,1-2H3,(H,22,25). The molecule has 1 aliphatic heterocycles. The molecule has 3 heterocycles. The fraction of sp³-hybridized carbons (Fsp3) is 0.350. The van der Waals surface area contributed by atoms with Crippen molar-refractivity contribution in [2.75, 3.05) is 18.0 Å². The van der Waals surface area contributed by atoms with Gasteiger partial charge in [0.15, 0.2) is 9.84 Å². The minimum atomic E-state index is -3.79. The van der Waals surface area contributed by atoms with E-state index in [1.807, 2.05) is 18.7 Å². The van der Waals surface area contributed by atoms with E-state index in [0.29, 0.717) is 18.5 Å². The third kappa shape index (κ3) is 3.70. The van der Waals surface area contributed by atoms with Crippen LogP contribution in [-0.2, 0) is 15.6 Å². The summed E-state index contributed by atoms with van der Waals surface area (Å²) in [6.07, 6.45) is 0.930. The van der Waals surface area contributed by atoms with Crippen molar-refractivity contribution in [2.45, 2.75) is 29.9 Å². The second-order valence-corrected chi connectivity index (χ2v) is 11.4. The lowest BCUT2D eigenvalue weighted by Crippen LogP contribution is -2.26. The molecule has 1 aliphatic rings. The van der Waals surface area contributed by atoms with Gasteiger partial charge in [-0.3, -0.25) is 4.79 Å². The van der Waals surface area contributed by atoms with Crippen LogP contribution in [0.5, 0.6) is 0 Å². The molecule has 0 bridgehead atoms. The predicted molar refractivity (Wildman–Crippen MR) is 112 cm³/mol. The van der Waals surface area contributed by atoms with Crippen molar-refractivity contribution in [1.82, 2.24) is 4.98 Å². The minimum Gasteiger partial charge on any atom is -0.391 e. The molecule has 0 amide bonds. The van der Waals surface area contributed by atoms with Gasteiger partial charge in [-0.2, -0.15) is 0 Å². The number of halogens is 1. The van der Waals surface area contributed by atoms with Gasteiger partial charge in [0.25, 0.3) is 5.56 Å². The summed E-state index contributed by atoms with van der Waals surface area (Å²) in [7, 11) is -3.79. The van der Waals surface area contributed by atoms with Crippen molar-refractivity contribution in [2.24, 2.45) is 5.41 Å². The summed E-state index contributed by atoms with van der Waals surface area (Å²) in [5.74, 6) is -1.19. The average molecular weight is 437 g/mol. The molecule has 154 valence electrons. The van der Waals surface area contributed by atoms with Gasteiger partial charge in [0, 0.05) is 35.7 Å². The molecule has 1 fully saturated rings. The van der Waals surface area contributed by atoms with E-state index in [1.54, 1.807) is 12.1 Å². The average Bonchev–Trinajstić information content (AvgIpc) is 3.22. The number of aromatic amines is 1. The second-order valence-electron chi connectivity index (χ2n) is 8.07. The number of aromatic nitrogens is 1. The molecule has 6 nitrogen and oxygen atoms in total. The highest BCUT2D eigenvalue weighted by atomic mass is 32.2. The van der Waals surface area contributed by atoms with Crippen LogP contribution in [0.15, 0.2) is 45.5 Å². The molecule has 0 spiro atoms. The van der Waals surface area contributed by atoms with Gasteiger partial charge in [-0.1, -0.05) is 13.8 Å². The lowest BCUT2D eigenvalue weighted by atomic mass is 9.90. The number of benzene rings is 1. The molecule has 0 aliphatic carbocycles. The SMILES string of the molecule is CC1(C)CN(c2ccc(S(=O)(=O)Cc3cc4c(=O)[nH]ccc4cc3F)s2)CC1O. The Bertz CT molecular complexity index is 1250. The van der Waals surface area contributed by atoms with Crippen molar-refractivity contribution >= 4 is 36.9 Å². The number of pyridine rings is 1. The van der Waals surface area contributed by atoms with Crippen LogP contribution in [0.1, 0.15) is 19.4 Å². The number of H-pyrrole nitrogens is 1. The molecule has 9 heteroatoms. The van der Waals surface area contributed by atoms with Gasteiger partial charge < -0.3 is 15.0 Å². The second kappa shape index (κ2) is 6.93. The van der Waals surface area contributed by atoms with Gasteiger partial charge in [0.2, 0.25) is 0 Å². The zero-order chi connectivity index (χ0) is 21.0. The molecule has 1 atom stereocenters. The van der Waals surface area contributed by atoms with E-state index in [0.717, 1.165) is 16.3 Å². The summed E-state index contributed by atoms with van der Waals surface area (Å²) >= 11 is 1.11. The number of nitrogens with zero attached hydrogens (tertiary/aromatic N) is 1. The zero-order valence-electron chi connectivity index (χ0n) is 16.0. The Labute approximate surface area is 171 Å². The number of sulfone groups is 1. The predicted octanol–water partition coefficient (Wildman–Crippen LogP) is 2.91. The van der Waals surface area contributed by atoms with Crippen LogP contribution in [-0.4, -0.2) is 37.7 Å². The molecule has 2 N–H and O–H groups in total. The number of hydrogen-bond acceptors (Lipinski definition) is 6. The van der Waals surface area contributed by atoms with Gasteiger partial charge in [0.1, 0.15) is 10.0 Å². The van der Waals surface area contributed by atoms with Crippen LogP contribution >= 0.6 is 11.3 Å². The zero-order valence-corrected chi connectivity index (χ0v) is 17.6. The van der Waals surface area contributed by atoms with Crippen LogP contribution in [0.3, 0.4) is 0 Å². The van der Waals surface area contributed by atoms with Gasteiger partial charge in [-0.05, 0) is 35.7 Å². The molecule has 4 rings (SSSR count). The summed E-state index contributed by atoms with van der Waals surface area (Å²) in [6.45, 7) is 4.99. The number of β-amino-alcohol motifs (C(OH)–C–C–N with tert-alkyl or cyclic N) is 1. The van der Waals surface area contributed by atoms with Crippen molar-refractivity contribution in [3.8, 4) is 0 Å². The molecule has 1 saturated heterocycles. The van der Waals surface area contributed by atoms with Crippen LogP contribution in [0.25, 0.3) is 10.8 Å². The third-order valence-corrected chi connectivity index (χ3v) is 8.76. The Morgan fingerprint density at radius 3 is 2.76 bits per heavy atom. The number of fused-ring (bicyclic) bond motifs is 1. The monoisotopic (exact) mass is 436 g/mol. The topological polar surface area (TPSA) is 90.5 Å². The van der Waals surface area contributed by atoms with Crippen molar-refractivity contribution in [1.29, 1.82) is 0 Å². The van der Waals surface area contributed by atoms with Crippen LogP contribution in [0.2, 0.25) is 0 Å². The number of aliphatic hydroxyl groups is 1. The molecule has 29 heavy (non-hydrogen) atoms. The first-order chi connectivity index (χ1) is 13.6. The number of nitrogens with one attached hydrogen (secondary N) is 1. The van der Waals surface area contributed by atoms with E-state index in [1.165, 1.54) is 24.4 Å². The van der Waals surface area contributed by atoms with E-state index < -0.39 is 33.1 Å². The van der Waals surface area contributed by atoms with Gasteiger partial charge in [-0.25, -0.2) is 12.8 Å². The minimum absolute atomic E-state index is 0.0399. The van der Waals surface area contributed by atoms with Gasteiger partial charge >= 0.3 is 0 Å². The summed E-state index contributed by atoms with van der Waals surface area (Å²) in [5, 5.41) is 11.6. The van der Waals surface area contributed by atoms with Crippen LogP contribution in [0.4, 0.5) is 9.39 Å². The number of thiophene rings is 1. The highest BCUT2D eigenvalue weighted by molar-refractivity contribution is 7.92. The summed E-state index contributed by atoms with van der Waals surface area (Å²) in [5.41, 5.74) is -0.707. The molecular formula is C20H21FN2O4S2. The maximum Gasteiger partial charge on any atom is 0.255 e.